The van der Waals surface area contributed by atoms with Crippen molar-refractivity contribution in [1.82, 2.24) is 0 Å². The number of carbonyl (C=O) groups is 1. The topological polar surface area (TPSA) is 54.0 Å². The molecule has 0 bridgehead atoms. The van der Waals surface area contributed by atoms with Crippen molar-refractivity contribution in [3.05, 3.63) is 12.2 Å². The Kier molecular flexibility index (Phi) is 14.3. The van der Waals surface area contributed by atoms with E-state index in [1.165, 1.54) is 0 Å². The van der Waals surface area contributed by atoms with Gasteiger partial charge >= 0.3 is 65.7 Å². The van der Waals surface area contributed by atoms with Gasteiger partial charge in [-0.25, -0.2) is 13.6 Å². The maximum Gasteiger partial charge on any atom is 0.385 e. The molecular weight excluding hydrogens is 724 g/mol. The molecule has 5 nitrogen and oxygen atoms in total. The number of esters is 1. The highest BCUT2D eigenvalue weighted by molar-refractivity contribution is 5.87. The molecule has 0 atom stereocenters. The maximum absolute atomic E-state index is 13.9. The number of carbonyl (C=O) groups excluding carboxylic acids is 1. The lowest BCUT2D eigenvalue weighted by molar-refractivity contribution is -0.466. The Balaban J connectivity index is 5.88. The molecule has 0 aliphatic rings. The lowest BCUT2D eigenvalue weighted by atomic mass is 9.86. The summed E-state index contributed by atoms with van der Waals surface area (Å²) in [4.78, 5) is 11.6. The highest BCUT2D eigenvalue weighted by atomic mass is 19.4. The fourth-order valence-corrected chi connectivity index (χ4v) is 2.81. The summed E-state index contributed by atoms with van der Waals surface area (Å²) in [6.07, 6.45) is -6.15. The van der Waals surface area contributed by atoms with E-state index < -0.39 is 91.1 Å². The Bertz CT molecular complexity index is 1050. The van der Waals surface area contributed by atoms with Crippen LogP contribution < -0.4 is 0 Å². The molecule has 47 heavy (non-hydrogen) atoms. The molecule has 0 aromatic heterocycles. The van der Waals surface area contributed by atoms with Crippen LogP contribution in [-0.4, -0.2) is 112 Å². The molecular formula is C22H22F20O5. The number of ether oxygens (including phenoxy) is 4. The smallest absolute Gasteiger partial charge is 0.385 e. The molecule has 0 heterocycles. The summed E-state index contributed by atoms with van der Waals surface area (Å²) < 4.78 is 287. The van der Waals surface area contributed by atoms with E-state index >= 15 is 0 Å². The minimum atomic E-state index is -9.10. The molecule has 0 amide bonds. The van der Waals surface area contributed by atoms with Crippen molar-refractivity contribution in [1.29, 1.82) is 0 Å². The third-order valence-electron chi connectivity index (χ3n) is 5.61. The Morgan fingerprint density at radius 3 is 1.40 bits per heavy atom. The Hall–Kier alpha value is -2.31. The van der Waals surface area contributed by atoms with Crippen molar-refractivity contribution in [3.63, 3.8) is 0 Å². The number of alkyl halides is 20. The van der Waals surface area contributed by atoms with Gasteiger partial charge in [0.25, 0.3) is 0 Å². The van der Waals surface area contributed by atoms with Gasteiger partial charge in [-0.3, -0.25) is 0 Å². The van der Waals surface area contributed by atoms with Crippen LogP contribution in [0.1, 0.15) is 13.3 Å². The minimum absolute atomic E-state index is 0.0124. The molecule has 0 aliphatic heterocycles. The van der Waals surface area contributed by atoms with Crippen molar-refractivity contribution in [3.8, 4) is 0 Å². The van der Waals surface area contributed by atoms with Crippen LogP contribution in [0.5, 0.6) is 0 Å². The van der Waals surface area contributed by atoms with Crippen LogP contribution in [0.4, 0.5) is 87.8 Å². The minimum Gasteiger partial charge on any atom is -0.462 e. The summed E-state index contributed by atoms with van der Waals surface area (Å²) in [6, 6.07) is 0. The van der Waals surface area contributed by atoms with Crippen LogP contribution >= 0.6 is 0 Å². The monoisotopic (exact) mass is 746 g/mol. The van der Waals surface area contributed by atoms with Crippen molar-refractivity contribution in [2.75, 3.05) is 46.2 Å². The van der Waals surface area contributed by atoms with Gasteiger partial charge in [0.05, 0.1) is 32.0 Å². The average Bonchev–Trinajstić information content (AvgIpc) is 2.93. The van der Waals surface area contributed by atoms with Gasteiger partial charge in [-0.1, -0.05) is 6.58 Å². The van der Waals surface area contributed by atoms with Gasteiger partial charge < -0.3 is 18.9 Å². The first-order valence-corrected chi connectivity index (χ1v) is 12.1. The molecule has 0 aromatic rings. The number of rotatable bonds is 22. The number of hydrogen-bond acceptors (Lipinski definition) is 5. The highest BCUT2D eigenvalue weighted by Crippen LogP contribution is 2.65. The molecule has 0 fully saturated rings. The molecule has 0 aliphatic carbocycles. The zero-order valence-electron chi connectivity index (χ0n) is 23.0. The van der Waals surface area contributed by atoms with Crippen molar-refractivity contribution >= 4 is 5.97 Å². The first-order valence-electron chi connectivity index (χ1n) is 12.1. The SMILES string of the molecule is C=C(COCC(F)(F)C(F)(F)C(F)(F)C(F)(F)C(F)(F)C(F)(F)C(F)(F)C(F)(F)C(F)(F)C(F)F)C(=O)OCCCOCCOCC. The standard InChI is InChI=1S/C22H22F20O5/c1-3-44-7-8-45-5-4-6-47-12(43)11(2)9-46-10-14(25,26)16(29,30)18(33,34)20(37,38)22(41,42)21(39,40)19(35,36)17(31,32)15(27,28)13(23)24/h13H,2-10H2,1H3. The fraction of sp³-hybridized carbons (Fsp3) is 0.864. The number of halogens is 20. The Labute approximate surface area is 250 Å². The maximum atomic E-state index is 13.9. The van der Waals surface area contributed by atoms with Gasteiger partial charge in [-0.2, -0.15) is 79.0 Å². The molecule has 25 heteroatoms. The molecule has 0 aromatic carbocycles. The average molecular weight is 746 g/mol. The Morgan fingerprint density at radius 1 is 0.574 bits per heavy atom. The summed E-state index contributed by atoms with van der Waals surface area (Å²) in [5.74, 6) is -77.5. The van der Waals surface area contributed by atoms with Gasteiger partial charge in [0.15, 0.2) is 0 Å². The summed E-state index contributed by atoms with van der Waals surface area (Å²) >= 11 is 0. The van der Waals surface area contributed by atoms with Crippen molar-refractivity contribution in [2.45, 2.75) is 73.1 Å². The highest BCUT2D eigenvalue weighted by Gasteiger charge is 2.96. The molecule has 280 valence electrons. The van der Waals surface area contributed by atoms with E-state index in [9.17, 15) is 92.6 Å². The second kappa shape index (κ2) is 15.1. The first kappa shape index (κ1) is 44.7. The van der Waals surface area contributed by atoms with Gasteiger partial charge in [-0.15, -0.1) is 0 Å². The zero-order chi connectivity index (χ0) is 37.7. The number of hydrogen-bond donors (Lipinski definition) is 0. The molecule has 0 unspecified atom stereocenters. The predicted molar refractivity (Wildman–Crippen MR) is 113 cm³/mol. The molecule has 0 N–H and O–H groups in total. The normalized spacial score (nSPS) is 14.9. The lowest BCUT2D eigenvalue weighted by Gasteiger charge is -2.44. The largest absolute Gasteiger partial charge is 0.462 e. The first-order chi connectivity index (χ1) is 20.8. The Morgan fingerprint density at radius 2 is 0.979 bits per heavy atom. The van der Waals surface area contributed by atoms with E-state index in [1.54, 1.807) is 6.92 Å². The summed E-state index contributed by atoms with van der Waals surface area (Å²) in [7, 11) is 0. The predicted octanol–water partition coefficient (Wildman–Crippen LogP) is 7.53. The van der Waals surface area contributed by atoms with Crippen LogP contribution in [0.25, 0.3) is 0 Å². The summed E-state index contributed by atoms with van der Waals surface area (Å²) in [6.45, 7) is -0.226. The second-order valence-electron chi connectivity index (χ2n) is 9.04. The van der Waals surface area contributed by atoms with Crippen LogP contribution in [-0.2, 0) is 23.7 Å². The van der Waals surface area contributed by atoms with E-state index in [0.29, 0.717) is 6.61 Å². The van der Waals surface area contributed by atoms with Crippen LogP contribution in [0.15, 0.2) is 12.2 Å². The third kappa shape index (κ3) is 8.12. The molecule has 0 saturated heterocycles. The lowest BCUT2D eigenvalue weighted by Crippen LogP contribution is -2.76. The molecule has 0 saturated carbocycles. The van der Waals surface area contributed by atoms with Crippen LogP contribution in [0.3, 0.4) is 0 Å². The summed E-state index contributed by atoms with van der Waals surface area (Å²) in [5, 5.41) is 0. The molecule has 0 rings (SSSR count). The van der Waals surface area contributed by atoms with Gasteiger partial charge in [0.2, 0.25) is 0 Å². The van der Waals surface area contributed by atoms with E-state index in [4.69, 9.17) is 9.47 Å². The van der Waals surface area contributed by atoms with Crippen LogP contribution in [0, 0.1) is 0 Å². The van der Waals surface area contributed by atoms with Gasteiger partial charge in [0, 0.05) is 19.6 Å². The van der Waals surface area contributed by atoms with E-state index in [-0.39, 0.29) is 26.2 Å². The van der Waals surface area contributed by atoms with Gasteiger partial charge in [-0.05, 0) is 6.92 Å². The van der Waals surface area contributed by atoms with Crippen molar-refractivity contribution in [2.24, 2.45) is 0 Å². The van der Waals surface area contributed by atoms with E-state index in [1.807, 2.05) is 0 Å². The quantitative estimate of drug-likeness (QED) is 0.0497. The molecule has 0 spiro atoms. The van der Waals surface area contributed by atoms with Crippen molar-refractivity contribution < 1.29 is 112 Å². The fourth-order valence-electron chi connectivity index (χ4n) is 2.81. The van der Waals surface area contributed by atoms with Crippen LogP contribution in [0.2, 0.25) is 0 Å². The van der Waals surface area contributed by atoms with E-state index in [2.05, 4.69) is 16.1 Å². The second-order valence-corrected chi connectivity index (χ2v) is 9.04. The zero-order valence-corrected chi connectivity index (χ0v) is 23.0. The van der Waals surface area contributed by atoms with E-state index in [0.717, 1.165) is 0 Å². The summed E-state index contributed by atoms with van der Waals surface area (Å²) in [5.41, 5.74) is -1.06. The molecule has 0 radical (unpaired) electrons. The van der Waals surface area contributed by atoms with Gasteiger partial charge in [0.1, 0.15) is 6.61 Å². The third-order valence-corrected chi connectivity index (χ3v) is 5.61.